The van der Waals surface area contributed by atoms with E-state index in [2.05, 4.69) is 33.1 Å². The van der Waals surface area contributed by atoms with Gasteiger partial charge in [0.25, 0.3) is 0 Å². The molecule has 0 saturated carbocycles. The highest BCUT2D eigenvalue weighted by atomic mass is 32.1. The van der Waals surface area contributed by atoms with E-state index in [4.69, 9.17) is 0 Å². The molecule has 0 saturated heterocycles. The van der Waals surface area contributed by atoms with E-state index in [9.17, 15) is 0 Å². The largest absolute Gasteiger partial charge is 0.237 e. The van der Waals surface area contributed by atoms with Gasteiger partial charge >= 0.3 is 0 Å². The predicted molar refractivity (Wildman–Crippen MR) is 59.0 cm³/mol. The number of rotatable bonds is 2. The van der Waals surface area contributed by atoms with Crippen LogP contribution in [0.5, 0.6) is 0 Å². The van der Waals surface area contributed by atoms with Crippen LogP contribution in [0.1, 0.15) is 19.4 Å². The molecule has 0 atom stereocenters. The molecule has 0 unspecified atom stereocenters. The summed E-state index contributed by atoms with van der Waals surface area (Å²) in [5.41, 5.74) is 1.06. The highest BCUT2D eigenvalue weighted by Crippen LogP contribution is 2.26. The maximum absolute atomic E-state index is 4.47. The molecule has 0 bridgehead atoms. The summed E-state index contributed by atoms with van der Waals surface area (Å²) in [5.74, 6) is 0.696. The van der Waals surface area contributed by atoms with Crippen LogP contribution in [-0.4, -0.2) is 25.2 Å². The standard InChI is InChI=1S/C9H11N5S/c1-9(2,15)7-3-4-8(10-5-7)14-6-11-12-13-14/h3-6,15H,1-2H3. The molecule has 0 fully saturated rings. The number of hydrogen-bond donors (Lipinski definition) is 1. The van der Waals surface area contributed by atoms with E-state index in [0.717, 1.165) is 5.56 Å². The van der Waals surface area contributed by atoms with Gasteiger partial charge in [-0.3, -0.25) is 0 Å². The summed E-state index contributed by atoms with van der Waals surface area (Å²) >= 11 is 4.47. The lowest BCUT2D eigenvalue weighted by atomic mass is 10.1. The van der Waals surface area contributed by atoms with E-state index in [0.29, 0.717) is 5.82 Å². The number of hydrogen-bond acceptors (Lipinski definition) is 5. The fourth-order valence-corrected chi connectivity index (χ4v) is 1.28. The molecule has 0 aliphatic rings. The third-order valence-corrected chi connectivity index (χ3v) is 2.30. The molecule has 2 rings (SSSR count). The highest BCUT2D eigenvalue weighted by molar-refractivity contribution is 7.81. The Morgan fingerprint density at radius 2 is 2.13 bits per heavy atom. The zero-order valence-electron chi connectivity index (χ0n) is 8.49. The molecule has 0 aromatic carbocycles. The highest BCUT2D eigenvalue weighted by Gasteiger charge is 2.14. The van der Waals surface area contributed by atoms with Gasteiger partial charge in [0, 0.05) is 10.9 Å². The van der Waals surface area contributed by atoms with Crippen molar-refractivity contribution >= 4 is 12.6 Å². The molecule has 0 aliphatic heterocycles. The number of tetrazole rings is 1. The zero-order chi connectivity index (χ0) is 10.9. The molecule has 78 valence electrons. The normalized spacial score (nSPS) is 11.7. The van der Waals surface area contributed by atoms with Crippen molar-refractivity contribution in [3.8, 4) is 5.82 Å². The fourth-order valence-electron chi connectivity index (χ4n) is 1.15. The second-order valence-electron chi connectivity index (χ2n) is 3.72. The smallest absolute Gasteiger partial charge is 0.156 e. The molecule has 0 aliphatic carbocycles. The van der Waals surface area contributed by atoms with Crippen molar-refractivity contribution in [3.05, 3.63) is 30.2 Å². The quantitative estimate of drug-likeness (QED) is 0.775. The second-order valence-corrected chi connectivity index (χ2v) is 4.84. The molecular formula is C9H11N5S. The number of aromatic nitrogens is 5. The first-order valence-electron chi connectivity index (χ1n) is 4.49. The van der Waals surface area contributed by atoms with Crippen LogP contribution >= 0.6 is 12.6 Å². The number of nitrogens with zero attached hydrogens (tertiary/aromatic N) is 5. The van der Waals surface area contributed by atoms with Crippen molar-refractivity contribution in [1.82, 2.24) is 25.2 Å². The zero-order valence-corrected chi connectivity index (χ0v) is 9.39. The maximum atomic E-state index is 4.47. The summed E-state index contributed by atoms with van der Waals surface area (Å²) in [6.07, 6.45) is 3.29. The Morgan fingerprint density at radius 3 is 2.60 bits per heavy atom. The molecule has 2 aromatic rings. The first-order valence-corrected chi connectivity index (χ1v) is 4.94. The molecule has 2 aromatic heterocycles. The third-order valence-electron chi connectivity index (χ3n) is 2.04. The van der Waals surface area contributed by atoms with Crippen LogP contribution in [0.2, 0.25) is 0 Å². The van der Waals surface area contributed by atoms with Crippen LogP contribution in [0.15, 0.2) is 24.7 Å². The van der Waals surface area contributed by atoms with Gasteiger partial charge in [0.2, 0.25) is 0 Å². The Hall–Kier alpha value is -1.43. The molecule has 0 amide bonds. The first-order chi connectivity index (χ1) is 7.07. The molecular weight excluding hydrogens is 210 g/mol. The van der Waals surface area contributed by atoms with E-state index >= 15 is 0 Å². The van der Waals surface area contributed by atoms with Gasteiger partial charge in [-0.05, 0) is 35.9 Å². The Kier molecular flexibility index (Phi) is 2.44. The Morgan fingerprint density at radius 1 is 1.33 bits per heavy atom. The summed E-state index contributed by atoms with van der Waals surface area (Å²) in [5, 5.41) is 10.8. The van der Waals surface area contributed by atoms with Crippen molar-refractivity contribution in [2.75, 3.05) is 0 Å². The molecule has 6 heteroatoms. The van der Waals surface area contributed by atoms with Crippen molar-refractivity contribution in [3.63, 3.8) is 0 Å². The van der Waals surface area contributed by atoms with E-state index in [1.807, 2.05) is 26.0 Å². The van der Waals surface area contributed by atoms with E-state index in [1.165, 1.54) is 11.0 Å². The monoisotopic (exact) mass is 221 g/mol. The van der Waals surface area contributed by atoms with E-state index < -0.39 is 0 Å². The lowest BCUT2D eigenvalue weighted by Gasteiger charge is -2.17. The van der Waals surface area contributed by atoms with Gasteiger partial charge < -0.3 is 0 Å². The number of pyridine rings is 1. The molecule has 0 spiro atoms. The Labute approximate surface area is 92.9 Å². The van der Waals surface area contributed by atoms with Crippen molar-refractivity contribution in [2.24, 2.45) is 0 Å². The van der Waals surface area contributed by atoms with Crippen molar-refractivity contribution < 1.29 is 0 Å². The third kappa shape index (κ3) is 2.15. The van der Waals surface area contributed by atoms with Gasteiger partial charge in [-0.25, -0.2) is 4.98 Å². The summed E-state index contributed by atoms with van der Waals surface area (Å²) in [4.78, 5) is 4.26. The molecule has 15 heavy (non-hydrogen) atoms. The SMILES string of the molecule is CC(C)(S)c1ccc(-n2cnnn2)nc1. The van der Waals surface area contributed by atoms with Crippen LogP contribution in [0, 0.1) is 0 Å². The summed E-state index contributed by atoms with van der Waals surface area (Å²) < 4.78 is 1.32. The summed E-state index contributed by atoms with van der Waals surface area (Å²) in [7, 11) is 0. The van der Waals surface area contributed by atoms with Crippen LogP contribution in [0.25, 0.3) is 5.82 Å². The van der Waals surface area contributed by atoms with Gasteiger partial charge in [0.15, 0.2) is 5.82 Å². The average Bonchev–Trinajstić information content (AvgIpc) is 2.69. The van der Waals surface area contributed by atoms with Gasteiger partial charge in [0.05, 0.1) is 0 Å². The molecule has 0 radical (unpaired) electrons. The Balaban J connectivity index is 2.33. The lowest BCUT2D eigenvalue weighted by Crippen LogP contribution is -2.09. The first kappa shape index (κ1) is 10.1. The lowest BCUT2D eigenvalue weighted by molar-refractivity contribution is 0.755. The maximum Gasteiger partial charge on any atom is 0.156 e. The topological polar surface area (TPSA) is 56.5 Å². The minimum absolute atomic E-state index is 0.188. The fraction of sp³-hybridized carbons (Fsp3) is 0.333. The minimum Gasteiger partial charge on any atom is -0.237 e. The van der Waals surface area contributed by atoms with E-state index in [1.54, 1.807) is 6.20 Å². The Bertz CT molecular complexity index is 429. The molecule has 0 N–H and O–H groups in total. The van der Waals surface area contributed by atoms with Crippen LogP contribution in [0.3, 0.4) is 0 Å². The summed E-state index contributed by atoms with van der Waals surface area (Å²) in [6.45, 7) is 4.04. The van der Waals surface area contributed by atoms with Gasteiger partial charge in [-0.1, -0.05) is 6.07 Å². The van der Waals surface area contributed by atoms with E-state index in [-0.39, 0.29) is 4.75 Å². The van der Waals surface area contributed by atoms with Gasteiger partial charge in [-0.15, -0.1) is 5.10 Å². The van der Waals surface area contributed by atoms with Crippen molar-refractivity contribution in [2.45, 2.75) is 18.6 Å². The van der Waals surface area contributed by atoms with Crippen molar-refractivity contribution in [1.29, 1.82) is 0 Å². The molecule has 2 heterocycles. The predicted octanol–water partition coefficient (Wildman–Crippen LogP) is 1.22. The minimum atomic E-state index is -0.188. The van der Waals surface area contributed by atoms with Gasteiger partial charge in [-0.2, -0.15) is 17.3 Å². The van der Waals surface area contributed by atoms with Gasteiger partial charge in [0.1, 0.15) is 6.33 Å². The van der Waals surface area contributed by atoms with Crippen LogP contribution in [-0.2, 0) is 4.75 Å². The average molecular weight is 221 g/mol. The van der Waals surface area contributed by atoms with Crippen LogP contribution < -0.4 is 0 Å². The number of thiol groups is 1. The summed E-state index contributed by atoms with van der Waals surface area (Å²) in [6, 6.07) is 3.83. The van der Waals surface area contributed by atoms with Crippen LogP contribution in [0.4, 0.5) is 0 Å². The second kappa shape index (κ2) is 3.62. The molecule has 5 nitrogen and oxygen atoms in total.